The number of aliphatic carboxylic acids is 1. The molecule has 0 spiro atoms. The lowest BCUT2D eigenvalue weighted by atomic mass is 10.0. The van der Waals surface area contributed by atoms with E-state index >= 15 is 0 Å². The maximum Gasteiger partial charge on any atom is 0.407 e. The highest BCUT2D eigenvalue weighted by molar-refractivity contribution is 5.68. The van der Waals surface area contributed by atoms with Crippen LogP contribution in [0.5, 0.6) is 5.75 Å². The molecule has 0 radical (unpaired) electrons. The zero-order valence-electron chi connectivity index (χ0n) is 19.8. The van der Waals surface area contributed by atoms with Gasteiger partial charge in [0, 0.05) is 38.2 Å². The van der Waals surface area contributed by atoms with Gasteiger partial charge in [-0.15, -0.1) is 0 Å². The van der Waals surface area contributed by atoms with Crippen LogP contribution in [0.3, 0.4) is 0 Å². The van der Waals surface area contributed by atoms with E-state index in [-0.39, 0.29) is 19.1 Å². The minimum atomic E-state index is -0.872. The summed E-state index contributed by atoms with van der Waals surface area (Å²) in [5.41, 5.74) is 3.62. The van der Waals surface area contributed by atoms with Crippen LogP contribution < -0.4 is 10.1 Å². The first-order valence-electron chi connectivity index (χ1n) is 11.3. The second-order valence-electron chi connectivity index (χ2n) is 8.25. The van der Waals surface area contributed by atoms with Crippen LogP contribution in [-0.4, -0.2) is 39.4 Å². The first-order chi connectivity index (χ1) is 16.3. The largest absolute Gasteiger partial charge is 0.493 e. The molecule has 2 N–H and O–H groups in total. The van der Waals surface area contributed by atoms with Crippen LogP contribution in [0, 0.1) is 0 Å². The molecular formula is C26H31N3O5. The Balaban J connectivity index is 1.64. The lowest BCUT2D eigenvalue weighted by Gasteiger charge is -2.14. The van der Waals surface area contributed by atoms with Crippen LogP contribution in [0.1, 0.15) is 37.2 Å². The predicted molar refractivity (Wildman–Crippen MR) is 129 cm³/mol. The Labute approximate surface area is 199 Å². The highest BCUT2D eigenvalue weighted by Gasteiger charge is 2.12. The van der Waals surface area contributed by atoms with Gasteiger partial charge in [-0.3, -0.25) is 4.79 Å². The Morgan fingerprint density at radius 1 is 1.09 bits per heavy atom. The number of alkyl carbamates (subject to hydrolysis) is 1. The summed E-state index contributed by atoms with van der Waals surface area (Å²) in [6.45, 7) is 4.20. The molecule has 0 bridgehead atoms. The molecule has 0 saturated carbocycles. The molecule has 3 rings (SSSR count). The standard InChI is InChI=1S/C26H31N3O5/c1-18(2)34-26(32)27-16-21-15-22(11-9-19(21)10-12-25(30)31)33-14-13-24-28-23(17-29(24)3)20-7-5-4-6-8-20/h4-9,11,15,17-18H,10,12-14,16H2,1-3H3,(H,27,32)(H,30,31). The van der Waals surface area contributed by atoms with Gasteiger partial charge in [-0.2, -0.15) is 0 Å². The van der Waals surface area contributed by atoms with Crippen molar-refractivity contribution in [3.05, 3.63) is 71.7 Å². The number of hydrogen-bond donors (Lipinski definition) is 2. The molecule has 1 aromatic heterocycles. The van der Waals surface area contributed by atoms with Crippen LogP contribution >= 0.6 is 0 Å². The molecule has 8 heteroatoms. The molecule has 0 aliphatic rings. The SMILES string of the molecule is CC(C)OC(=O)NCc1cc(OCCc2nc(-c3ccccc3)cn2C)ccc1CCC(=O)O. The van der Waals surface area contributed by atoms with Crippen LogP contribution in [0.2, 0.25) is 0 Å². The van der Waals surface area contributed by atoms with E-state index in [4.69, 9.17) is 19.6 Å². The van der Waals surface area contributed by atoms with Crippen molar-refractivity contribution in [2.75, 3.05) is 6.61 Å². The van der Waals surface area contributed by atoms with Gasteiger partial charge in [0.15, 0.2) is 0 Å². The van der Waals surface area contributed by atoms with Crippen LogP contribution in [0.25, 0.3) is 11.3 Å². The Kier molecular flexibility index (Phi) is 8.67. The molecule has 34 heavy (non-hydrogen) atoms. The summed E-state index contributed by atoms with van der Waals surface area (Å²) in [6, 6.07) is 15.5. The maximum absolute atomic E-state index is 11.9. The van der Waals surface area contributed by atoms with E-state index in [1.165, 1.54) is 0 Å². The minimum Gasteiger partial charge on any atom is -0.493 e. The molecule has 0 fully saturated rings. The number of aryl methyl sites for hydroxylation is 2. The number of carboxylic acid groups (broad SMARTS) is 1. The third-order valence-corrected chi connectivity index (χ3v) is 5.19. The number of ether oxygens (including phenoxy) is 2. The molecule has 0 saturated heterocycles. The molecule has 0 atom stereocenters. The summed E-state index contributed by atoms with van der Waals surface area (Å²) in [4.78, 5) is 27.6. The van der Waals surface area contributed by atoms with Gasteiger partial charge in [-0.1, -0.05) is 36.4 Å². The molecule has 8 nitrogen and oxygen atoms in total. The summed E-state index contributed by atoms with van der Waals surface area (Å²) >= 11 is 0. The van der Waals surface area contributed by atoms with E-state index in [2.05, 4.69) is 5.32 Å². The van der Waals surface area contributed by atoms with Crippen molar-refractivity contribution < 1.29 is 24.2 Å². The van der Waals surface area contributed by atoms with Gasteiger partial charge in [0.1, 0.15) is 11.6 Å². The second kappa shape index (κ2) is 11.9. The number of rotatable bonds is 11. The Morgan fingerprint density at radius 3 is 2.56 bits per heavy atom. The van der Waals surface area contributed by atoms with Crippen molar-refractivity contribution in [3.8, 4) is 17.0 Å². The predicted octanol–water partition coefficient (Wildman–Crippen LogP) is 4.36. The lowest BCUT2D eigenvalue weighted by Crippen LogP contribution is -2.26. The summed E-state index contributed by atoms with van der Waals surface area (Å²) in [7, 11) is 1.96. The number of imidazole rings is 1. The van der Waals surface area contributed by atoms with Gasteiger partial charge < -0.3 is 24.5 Å². The number of amides is 1. The monoisotopic (exact) mass is 465 g/mol. The Hall–Kier alpha value is -3.81. The summed E-state index contributed by atoms with van der Waals surface area (Å²) in [5, 5.41) is 11.8. The highest BCUT2D eigenvalue weighted by atomic mass is 16.6. The molecule has 0 aliphatic heterocycles. The van der Waals surface area contributed by atoms with Gasteiger partial charge in [-0.25, -0.2) is 9.78 Å². The number of carbonyl (C=O) groups excluding carboxylic acids is 1. The van der Waals surface area contributed by atoms with E-state index in [0.29, 0.717) is 25.2 Å². The summed E-state index contributed by atoms with van der Waals surface area (Å²) in [6.07, 6.45) is 2.25. The number of hydrogen-bond acceptors (Lipinski definition) is 5. The number of benzene rings is 2. The molecule has 1 amide bonds. The average Bonchev–Trinajstić information content (AvgIpc) is 3.17. The van der Waals surface area contributed by atoms with Gasteiger partial charge in [0.2, 0.25) is 0 Å². The van der Waals surface area contributed by atoms with Crippen LogP contribution in [0.4, 0.5) is 4.79 Å². The smallest absolute Gasteiger partial charge is 0.407 e. The van der Waals surface area contributed by atoms with Crippen molar-refractivity contribution in [1.29, 1.82) is 0 Å². The average molecular weight is 466 g/mol. The topological polar surface area (TPSA) is 103 Å². The van der Waals surface area contributed by atoms with Crippen molar-refractivity contribution >= 4 is 12.1 Å². The molecule has 0 unspecified atom stereocenters. The van der Waals surface area contributed by atoms with Crippen molar-refractivity contribution in [2.24, 2.45) is 7.05 Å². The number of carboxylic acids is 1. The number of carbonyl (C=O) groups is 2. The number of aromatic nitrogens is 2. The second-order valence-corrected chi connectivity index (χ2v) is 8.25. The fraction of sp³-hybridized carbons (Fsp3) is 0.346. The molecule has 3 aromatic rings. The summed E-state index contributed by atoms with van der Waals surface area (Å²) < 4.78 is 13.1. The van der Waals surface area contributed by atoms with Crippen LogP contribution in [-0.2, 0) is 36.0 Å². The molecular weight excluding hydrogens is 434 g/mol. The van der Waals surface area contributed by atoms with E-state index in [0.717, 1.165) is 28.2 Å². The van der Waals surface area contributed by atoms with E-state index < -0.39 is 12.1 Å². The van der Waals surface area contributed by atoms with Crippen LogP contribution in [0.15, 0.2) is 54.7 Å². The van der Waals surface area contributed by atoms with Gasteiger partial charge in [-0.05, 0) is 43.5 Å². The van der Waals surface area contributed by atoms with Crippen molar-refractivity contribution in [2.45, 2.75) is 45.8 Å². The minimum absolute atomic E-state index is 0.00650. The zero-order valence-corrected chi connectivity index (χ0v) is 19.8. The van der Waals surface area contributed by atoms with Crippen molar-refractivity contribution in [1.82, 2.24) is 14.9 Å². The molecule has 1 heterocycles. The quantitative estimate of drug-likeness (QED) is 0.436. The van der Waals surface area contributed by atoms with Gasteiger partial charge in [0.05, 0.1) is 18.4 Å². The van der Waals surface area contributed by atoms with E-state index in [9.17, 15) is 9.59 Å². The van der Waals surface area contributed by atoms with Crippen molar-refractivity contribution in [3.63, 3.8) is 0 Å². The lowest BCUT2D eigenvalue weighted by molar-refractivity contribution is -0.136. The number of nitrogens with one attached hydrogen (secondary N) is 1. The molecule has 180 valence electrons. The molecule has 0 aliphatic carbocycles. The van der Waals surface area contributed by atoms with E-state index in [1.54, 1.807) is 13.8 Å². The highest BCUT2D eigenvalue weighted by Crippen LogP contribution is 2.21. The van der Waals surface area contributed by atoms with Gasteiger partial charge in [0.25, 0.3) is 0 Å². The Morgan fingerprint density at radius 2 is 1.85 bits per heavy atom. The first-order valence-corrected chi connectivity index (χ1v) is 11.3. The van der Waals surface area contributed by atoms with Gasteiger partial charge >= 0.3 is 12.1 Å². The number of nitrogens with zero attached hydrogens (tertiary/aromatic N) is 2. The fourth-order valence-corrected chi connectivity index (χ4v) is 3.51. The fourth-order valence-electron chi connectivity index (χ4n) is 3.51. The first kappa shape index (κ1) is 24.8. The maximum atomic E-state index is 11.9. The summed E-state index contributed by atoms with van der Waals surface area (Å²) in [5.74, 6) is 0.684. The zero-order chi connectivity index (χ0) is 24.5. The normalized spacial score (nSPS) is 10.8. The third-order valence-electron chi connectivity index (χ3n) is 5.19. The van der Waals surface area contributed by atoms with E-state index in [1.807, 2.05) is 66.3 Å². The third kappa shape index (κ3) is 7.37. The molecule has 2 aromatic carbocycles. The Bertz CT molecular complexity index is 1110.